The summed E-state index contributed by atoms with van der Waals surface area (Å²) in [5.41, 5.74) is 1.38. The molecule has 2 aromatic carbocycles. The molecule has 1 heterocycles. The van der Waals surface area contributed by atoms with Crippen LogP contribution in [0.5, 0.6) is 5.75 Å². The number of hydrogen-bond acceptors (Lipinski definition) is 4. The smallest absolute Gasteiger partial charge is 0.339 e. The summed E-state index contributed by atoms with van der Waals surface area (Å²) in [6, 6.07) is 15.3. The molecule has 0 aromatic heterocycles. The van der Waals surface area contributed by atoms with E-state index in [-0.39, 0.29) is 18.1 Å². The second-order valence-corrected chi connectivity index (χ2v) is 8.18. The Kier molecular flexibility index (Phi) is 6.26. The van der Waals surface area contributed by atoms with Crippen molar-refractivity contribution in [3.05, 3.63) is 65.2 Å². The van der Waals surface area contributed by atoms with E-state index in [2.05, 4.69) is 5.32 Å². The zero-order valence-electron chi connectivity index (χ0n) is 17.5. The molecule has 5 heteroatoms. The normalized spacial score (nSPS) is 19.3. The summed E-state index contributed by atoms with van der Waals surface area (Å²) in [4.78, 5) is 25.1. The van der Waals surface area contributed by atoms with E-state index in [4.69, 9.17) is 9.47 Å². The number of amides is 1. The predicted molar refractivity (Wildman–Crippen MR) is 112 cm³/mol. The number of nitrogens with one attached hydrogen (secondary N) is 1. The van der Waals surface area contributed by atoms with E-state index >= 15 is 0 Å². The Morgan fingerprint density at radius 2 is 1.83 bits per heavy atom. The van der Waals surface area contributed by atoms with Gasteiger partial charge in [0.05, 0.1) is 11.7 Å². The number of hydrogen-bond donors (Lipinski definition) is 1. The van der Waals surface area contributed by atoms with Crippen molar-refractivity contribution in [2.75, 3.05) is 0 Å². The van der Waals surface area contributed by atoms with E-state index in [9.17, 15) is 9.59 Å². The molecular weight excluding hydrogens is 366 g/mol. The monoisotopic (exact) mass is 395 g/mol. The molecule has 2 unspecified atom stereocenters. The summed E-state index contributed by atoms with van der Waals surface area (Å²) >= 11 is 0. The molecule has 2 aromatic rings. The van der Waals surface area contributed by atoms with Crippen molar-refractivity contribution in [1.82, 2.24) is 5.32 Å². The summed E-state index contributed by atoms with van der Waals surface area (Å²) < 4.78 is 11.2. The van der Waals surface area contributed by atoms with Gasteiger partial charge < -0.3 is 14.8 Å². The van der Waals surface area contributed by atoms with Crippen LogP contribution in [0, 0.1) is 0 Å². The highest BCUT2D eigenvalue weighted by Crippen LogP contribution is 2.28. The number of rotatable bonds is 7. The Morgan fingerprint density at radius 3 is 2.52 bits per heavy atom. The summed E-state index contributed by atoms with van der Waals surface area (Å²) in [6.45, 7) is 7.65. The fourth-order valence-corrected chi connectivity index (χ4v) is 3.50. The third kappa shape index (κ3) is 5.17. The van der Waals surface area contributed by atoms with E-state index in [1.807, 2.05) is 57.2 Å². The number of aryl methyl sites for hydroxylation is 1. The van der Waals surface area contributed by atoms with Crippen LogP contribution in [0.3, 0.4) is 0 Å². The second-order valence-electron chi connectivity index (χ2n) is 8.18. The van der Waals surface area contributed by atoms with Gasteiger partial charge in [0.1, 0.15) is 5.75 Å². The number of cyclic esters (lactones) is 1. The molecule has 0 spiro atoms. The molecule has 154 valence electrons. The van der Waals surface area contributed by atoms with Crippen molar-refractivity contribution in [1.29, 1.82) is 0 Å². The fourth-order valence-electron chi connectivity index (χ4n) is 3.50. The standard InChI is InChI=1S/C24H29NO4/c1-16(2)28-20-13-11-18(12-14-20)10-9-17(3)25-23(27)24(4)15-19-7-5-6-8-21(19)22(26)29-24/h5-8,11-14,16-17H,9-10,15H2,1-4H3,(H,25,27). The first-order chi connectivity index (χ1) is 13.8. The Labute approximate surface area is 172 Å². The number of esters is 1. The molecule has 1 aliphatic heterocycles. The Morgan fingerprint density at radius 1 is 1.14 bits per heavy atom. The van der Waals surface area contributed by atoms with Gasteiger partial charge in [-0.15, -0.1) is 0 Å². The van der Waals surface area contributed by atoms with Gasteiger partial charge in [-0.2, -0.15) is 0 Å². The van der Waals surface area contributed by atoms with E-state index in [0.717, 1.165) is 24.2 Å². The zero-order valence-corrected chi connectivity index (χ0v) is 17.5. The molecule has 0 fully saturated rings. The Balaban J connectivity index is 1.54. The van der Waals surface area contributed by atoms with Crippen LogP contribution < -0.4 is 10.1 Å². The first-order valence-corrected chi connectivity index (χ1v) is 10.1. The molecule has 0 saturated carbocycles. The van der Waals surface area contributed by atoms with Gasteiger partial charge in [0.25, 0.3) is 5.91 Å². The van der Waals surface area contributed by atoms with Crippen LogP contribution in [0.1, 0.15) is 55.6 Å². The number of carbonyl (C=O) groups is 2. The third-order valence-electron chi connectivity index (χ3n) is 5.10. The van der Waals surface area contributed by atoms with Crippen molar-refractivity contribution in [3.8, 4) is 5.75 Å². The molecule has 0 aliphatic carbocycles. The topological polar surface area (TPSA) is 64.6 Å². The van der Waals surface area contributed by atoms with Gasteiger partial charge in [0.15, 0.2) is 5.60 Å². The van der Waals surface area contributed by atoms with Crippen LogP contribution in [-0.4, -0.2) is 29.6 Å². The molecule has 3 rings (SSSR count). The lowest BCUT2D eigenvalue weighted by molar-refractivity contribution is -0.140. The van der Waals surface area contributed by atoms with Crippen LogP contribution in [0.25, 0.3) is 0 Å². The van der Waals surface area contributed by atoms with Crippen LogP contribution in [-0.2, 0) is 22.4 Å². The minimum absolute atomic E-state index is 0.0400. The van der Waals surface area contributed by atoms with Gasteiger partial charge in [-0.05, 0) is 69.9 Å². The molecule has 2 atom stereocenters. The van der Waals surface area contributed by atoms with Crippen molar-refractivity contribution in [3.63, 3.8) is 0 Å². The summed E-state index contributed by atoms with van der Waals surface area (Å²) in [5.74, 6) is 0.159. The molecule has 0 radical (unpaired) electrons. The van der Waals surface area contributed by atoms with Gasteiger partial charge >= 0.3 is 5.97 Å². The van der Waals surface area contributed by atoms with Crippen molar-refractivity contribution >= 4 is 11.9 Å². The van der Waals surface area contributed by atoms with Crippen LogP contribution in [0.15, 0.2) is 48.5 Å². The van der Waals surface area contributed by atoms with E-state index < -0.39 is 11.6 Å². The molecule has 0 saturated heterocycles. The summed E-state index contributed by atoms with van der Waals surface area (Å²) in [5, 5.41) is 3.01. The number of carbonyl (C=O) groups excluding carboxylic acids is 2. The highest BCUT2D eigenvalue weighted by molar-refractivity contribution is 5.97. The average molecular weight is 395 g/mol. The third-order valence-corrected chi connectivity index (χ3v) is 5.10. The minimum atomic E-state index is -1.18. The van der Waals surface area contributed by atoms with E-state index in [0.29, 0.717) is 12.0 Å². The summed E-state index contributed by atoms with van der Waals surface area (Å²) in [6.07, 6.45) is 2.16. The van der Waals surface area contributed by atoms with Crippen molar-refractivity contribution in [2.24, 2.45) is 0 Å². The second kappa shape index (κ2) is 8.68. The number of benzene rings is 2. The average Bonchev–Trinajstić information content (AvgIpc) is 2.67. The highest BCUT2D eigenvalue weighted by Gasteiger charge is 2.42. The minimum Gasteiger partial charge on any atom is -0.491 e. The van der Waals surface area contributed by atoms with Gasteiger partial charge in [-0.3, -0.25) is 4.79 Å². The van der Waals surface area contributed by atoms with Gasteiger partial charge in [0, 0.05) is 12.5 Å². The van der Waals surface area contributed by atoms with E-state index in [1.165, 1.54) is 5.56 Å². The zero-order chi connectivity index (χ0) is 21.0. The maximum Gasteiger partial charge on any atom is 0.339 e. The molecule has 0 bridgehead atoms. The number of fused-ring (bicyclic) bond motifs is 1. The molecule has 1 N–H and O–H groups in total. The molecule has 1 aliphatic rings. The van der Waals surface area contributed by atoms with Gasteiger partial charge in [-0.25, -0.2) is 4.79 Å². The molecule has 5 nitrogen and oxygen atoms in total. The van der Waals surface area contributed by atoms with E-state index in [1.54, 1.807) is 19.1 Å². The highest BCUT2D eigenvalue weighted by atomic mass is 16.6. The predicted octanol–water partition coefficient (Wildman–Crippen LogP) is 4.08. The van der Waals surface area contributed by atoms with Crippen molar-refractivity contribution < 1.29 is 19.1 Å². The molecular formula is C24H29NO4. The SMILES string of the molecule is CC(CCc1ccc(OC(C)C)cc1)NC(=O)C1(C)Cc2ccccc2C(=O)O1. The molecule has 1 amide bonds. The Hall–Kier alpha value is -2.82. The van der Waals surface area contributed by atoms with Gasteiger partial charge in [0.2, 0.25) is 0 Å². The Bertz CT molecular complexity index is 875. The quantitative estimate of drug-likeness (QED) is 0.718. The fraction of sp³-hybridized carbons (Fsp3) is 0.417. The lowest BCUT2D eigenvalue weighted by Gasteiger charge is -2.34. The van der Waals surface area contributed by atoms with Crippen LogP contribution in [0.2, 0.25) is 0 Å². The van der Waals surface area contributed by atoms with Crippen LogP contribution in [0.4, 0.5) is 0 Å². The lowest BCUT2D eigenvalue weighted by atomic mass is 9.89. The first kappa shape index (κ1) is 20.9. The maximum atomic E-state index is 12.8. The lowest BCUT2D eigenvalue weighted by Crippen LogP contribution is -2.53. The summed E-state index contributed by atoms with van der Waals surface area (Å²) in [7, 11) is 0. The van der Waals surface area contributed by atoms with Gasteiger partial charge in [-0.1, -0.05) is 30.3 Å². The first-order valence-electron chi connectivity index (χ1n) is 10.1. The maximum absolute atomic E-state index is 12.8. The molecule has 29 heavy (non-hydrogen) atoms. The largest absolute Gasteiger partial charge is 0.491 e. The number of ether oxygens (including phenoxy) is 2. The van der Waals surface area contributed by atoms with Crippen LogP contribution >= 0.6 is 0 Å². The van der Waals surface area contributed by atoms with Crippen molar-refractivity contribution in [2.45, 2.75) is 64.7 Å².